The largest absolute Gasteiger partial charge is 0.393 e. The van der Waals surface area contributed by atoms with Gasteiger partial charge in [0.1, 0.15) is 0 Å². The summed E-state index contributed by atoms with van der Waals surface area (Å²) in [4.78, 5) is 21.4. The zero-order chi connectivity index (χ0) is 25.5. The number of para-hydroxylation sites is 2. The minimum atomic E-state index is -0.508. The highest BCUT2D eigenvalue weighted by Gasteiger charge is 2.44. The molecule has 0 bridgehead atoms. The number of carbonyl (C=O) groups excluding carboxylic acids is 1. The van der Waals surface area contributed by atoms with Crippen molar-refractivity contribution in [1.82, 2.24) is 14.8 Å². The van der Waals surface area contributed by atoms with Gasteiger partial charge in [0.15, 0.2) is 0 Å². The van der Waals surface area contributed by atoms with Gasteiger partial charge in [0.2, 0.25) is 0 Å². The molecule has 0 unspecified atom stereocenters. The van der Waals surface area contributed by atoms with Gasteiger partial charge >= 0.3 is 6.03 Å². The van der Waals surface area contributed by atoms with Crippen LogP contribution in [0.15, 0.2) is 78.9 Å². The van der Waals surface area contributed by atoms with E-state index >= 15 is 0 Å². The van der Waals surface area contributed by atoms with Gasteiger partial charge in [0.25, 0.3) is 0 Å². The van der Waals surface area contributed by atoms with Gasteiger partial charge in [-0.2, -0.15) is 0 Å². The van der Waals surface area contributed by atoms with Crippen LogP contribution in [0.1, 0.15) is 30.6 Å². The van der Waals surface area contributed by atoms with Crippen LogP contribution in [0.25, 0.3) is 22.0 Å². The van der Waals surface area contributed by atoms with E-state index in [0.29, 0.717) is 0 Å². The molecule has 2 amide bonds. The van der Waals surface area contributed by atoms with Crippen molar-refractivity contribution in [2.75, 3.05) is 25.5 Å². The Hall–Kier alpha value is -3.61. The molecule has 0 spiro atoms. The first-order valence-electron chi connectivity index (χ1n) is 13.2. The second kappa shape index (κ2) is 9.69. The fourth-order valence-electron chi connectivity index (χ4n) is 6.38. The van der Waals surface area contributed by atoms with Gasteiger partial charge in [0, 0.05) is 54.4 Å². The van der Waals surface area contributed by atoms with E-state index in [1.54, 1.807) is 4.90 Å². The maximum absolute atomic E-state index is 13.2. The van der Waals surface area contributed by atoms with E-state index in [2.05, 4.69) is 57.7 Å². The van der Waals surface area contributed by atoms with Crippen LogP contribution >= 0.6 is 0 Å². The number of aromatic nitrogens is 1. The van der Waals surface area contributed by atoms with Gasteiger partial charge in [-0.05, 0) is 43.0 Å². The van der Waals surface area contributed by atoms with Gasteiger partial charge in [-0.25, -0.2) is 4.79 Å². The Kier molecular flexibility index (Phi) is 6.22. The number of piperidine rings is 1. The Morgan fingerprint density at radius 1 is 1.05 bits per heavy atom. The summed E-state index contributed by atoms with van der Waals surface area (Å²) in [5.74, 6) is -0.0198. The highest BCUT2D eigenvalue weighted by molar-refractivity contribution is 5.97. The van der Waals surface area contributed by atoms with Crippen LogP contribution in [-0.4, -0.2) is 58.2 Å². The van der Waals surface area contributed by atoms with Crippen LogP contribution in [0.3, 0.4) is 0 Å². The van der Waals surface area contributed by atoms with Crippen LogP contribution in [-0.2, 0) is 6.42 Å². The smallest absolute Gasteiger partial charge is 0.321 e. The van der Waals surface area contributed by atoms with E-state index in [1.165, 1.54) is 33.3 Å². The molecule has 3 heterocycles. The van der Waals surface area contributed by atoms with Gasteiger partial charge in [-0.15, -0.1) is 0 Å². The summed E-state index contributed by atoms with van der Waals surface area (Å²) in [6.45, 7) is 3.57. The SMILES string of the molecule is C[C@H](O)[C@@H]1CN2CCc3c([nH]c4c(-c5ccccc5)cccc34)[C@@H]2C[C@@H]1N(C)C(=O)Nc1ccccc1. The monoisotopic (exact) mass is 494 g/mol. The summed E-state index contributed by atoms with van der Waals surface area (Å²) >= 11 is 0. The van der Waals surface area contributed by atoms with Crippen LogP contribution in [0, 0.1) is 5.92 Å². The van der Waals surface area contributed by atoms with Crippen molar-refractivity contribution in [3.05, 3.63) is 90.1 Å². The highest BCUT2D eigenvalue weighted by Crippen LogP contribution is 2.44. The number of aliphatic hydroxyl groups excluding tert-OH is 1. The molecule has 0 aliphatic carbocycles. The minimum Gasteiger partial charge on any atom is -0.393 e. The average Bonchev–Trinajstić information content (AvgIpc) is 3.32. The number of anilines is 1. The lowest BCUT2D eigenvalue weighted by atomic mass is 9.80. The van der Waals surface area contributed by atoms with Crippen LogP contribution < -0.4 is 5.32 Å². The molecule has 190 valence electrons. The van der Waals surface area contributed by atoms with Crippen LogP contribution in [0.2, 0.25) is 0 Å². The maximum Gasteiger partial charge on any atom is 0.321 e. The number of nitrogens with one attached hydrogen (secondary N) is 2. The lowest BCUT2D eigenvalue weighted by molar-refractivity contribution is -0.0177. The molecule has 4 aromatic rings. The summed E-state index contributed by atoms with van der Waals surface area (Å²) < 4.78 is 0. The van der Waals surface area contributed by atoms with E-state index in [9.17, 15) is 9.90 Å². The second-order valence-corrected chi connectivity index (χ2v) is 10.5. The van der Waals surface area contributed by atoms with Crippen molar-refractivity contribution in [3.8, 4) is 11.1 Å². The van der Waals surface area contributed by atoms with Crippen LogP contribution in [0.5, 0.6) is 0 Å². The molecule has 3 aromatic carbocycles. The molecule has 2 aliphatic rings. The molecule has 6 heteroatoms. The fourth-order valence-corrected chi connectivity index (χ4v) is 6.38. The molecule has 0 saturated carbocycles. The van der Waals surface area contributed by atoms with Gasteiger partial charge in [-0.1, -0.05) is 66.7 Å². The Morgan fingerprint density at radius 2 is 1.78 bits per heavy atom. The molecule has 1 fully saturated rings. The van der Waals surface area contributed by atoms with Crippen LogP contribution in [0.4, 0.5) is 10.5 Å². The molecule has 6 nitrogen and oxygen atoms in total. The van der Waals surface area contributed by atoms with Crippen molar-refractivity contribution >= 4 is 22.6 Å². The minimum absolute atomic E-state index is 0.0198. The Balaban J connectivity index is 1.34. The lowest BCUT2D eigenvalue weighted by Crippen LogP contribution is -2.57. The van der Waals surface area contributed by atoms with E-state index in [4.69, 9.17) is 0 Å². The number of aromatic amines is 1. The molecule has 2 aliphatic heterocycles. The first kappa shape index (κ1) is 23.8. The van der Waals surface area contributed by atoms with Gasteiger partial charge < -0.3 is 20.3 Å². The number of nitrogens with zero attached hydrogens (tertiary/aromatic N) is 2. The first-order valence-corrected chi connectivity index (χ1v) is 13.2. The quantitative estimate of drug-likeness (QED) is 0.342. The number of rotatable bonds is 4. The standard InChI is InChI=1S/C31H34N4O2/c1-20(36)26-19-35-17-16-25-24-15-9-14-23(21-10-5-3-6-11-21)29(24)33-30(25)28(35)18-27(26)34(2)31(37)32-22-12-7-4-8-13-22/h3-15,20,26-28,33,36H,16-19H2,1-2H3,(H,32,37)/t20-,26-,27-,28-/m0/s1. The number of hydrogen-bond acceptors (Lipinski definition) is 3. The number of benzene rings is 3. The second-order valence-electron chi connectivity index (χ2n) is 10.5. The Labute approximate surface area is 217 Å². The van der Waals surface area contributed by atoms with E-state index < -0.39 is 6.10 Å². The molecule has 4 atom stereocenters. The number of amides is 2. The van der Waals surface area contributed by atoms with Gasteiger partial charge in [0.05, 0.1) is 17.7 Å². The molecule has 1 aromatic heterocycles. The van der Waals surface area contributed by atoms with Gasteiger partial charge in [-0.3, -0.25) is 4.90 Å². The Bertz CT molecular complexity index is 1400. The number of hydrogen-bond donors (Lipinski definition) is 3. The summed E-state index contributed by atoms with van der Waals surface area (Å²) in [5, 5.41) is 15.1. The normalized spacial score (nSPS) is 22.2. The van der Waals surface area contributed by atoms with Crippen molar-refractivity contribution in [2.24, 2.45) is 5.92 Å². The van der Waals surface area contributed by atoms with E-state index in [1.807, 2.05) is 50.4 Å². The number of carbonyl (C=O) groups is 1. The third-order valence-electron chi connectivity index (χ3n) is 8.35. The highest BCUT2D eigenvalue weighted by atomic mass is 16.3. The number of aliphatic hydroxyl groups is 1. The summed E-state index contributed by atoms with van der Waals surface area (Å²) in [6, 6.07) is 26.6. The zero-order valence-corrected chi connectivity index (χ0v) is 21.4. The average molecular weight is 495 g/mol. The third kappa shape index (κ3) is 4.30. The molecular formula is C31H34N4O2. The maximum atomic E-state index is 13.2. The molecule has 1 saturated heterocycles. The summed E-state index contributed by atoms with van der Waals surface area (Å²) in [6.07, 6.45) is 1.24. The molecule has 37 heavy (non-hydrogen) atoms. The number of H-pyrrole nitrogens is 1. The van der Waals surface area contributed by atoms with E-state index in [0.717, 1.165) is 31.6 Å². The van der Waals surface area contributed by atoms with Crippen molar-refractivity contribution in [2.45, 2.75) is 38.0 Å². The predicted molar refractivity (Wildman–Crippen MR) is 149 cm³/mol. The molecule has 6 rings (SSSR count). The van der Waals surface area contributed by atoms with E-state index in [-0.39, 0.29) is 24.0 Å². The lowest BCUT2D eigenvalue weighted by Gasteiger charge is -2.49. The summed E-state index contributed by atoms with van der Waals surface area (Å²) in [7, 11) is 1.86. The van der Waals surface area contributed by atoms with Crippen molar-refractivity contribution < 1.29 is 9.90 Å². The predicted octanol–water partition coefficient (Wildman–Crippen LogP) is 5.67. The molecular weight excluding hydrogens is 460 g/mol. The summed E-state index contributed by atoms with van der Waals surface area (Å²) in [5.41, 5.74) is 7.03. The number of fused-ring (bicyclic) bond motifs is 5. The molecule has 0 radical (unpaired) electrons. The zero-order valence-electron chi connectivity index (χ0n) is 21.4. The molecule has 3 N–H and O–H groups in total. The Morgan fingerprint density at radius 3 is 2.51 bits per heavy atom. The first-order chi connectivity index (χ1) is 18.0. The number of urea groups is 1. The fraction of sp³-hybridized carbons (Fsp3) is 0.323. The van der Waals surface area contributed by atoms with Crippen molar-refractivity contribution in [1.29, 1.82) is 0 Å². The van der Waals surface area contributed by atoms with Crippen molar-refractivity contribution in [3.63, 3.8) is 0 Å². The third-order valence-corrected chi connectivity index (χ3v) is 8.35. The topological polar surface area (TPSA) is 71.6 Å².